The minimum atomic E-state index is 0.141. The molecule has 0 aliphatic heterocycles. The van der Waals surface area contributed by atoms with Crippen LogP contribution in [0.1, 0.15) is 59.8 Å². The minimum absolute atomic E-state index is 0.141. The quantitative estimate of drug-likeness (QED) is 0.765. The Morgan fingerprint density at radius 3 is 2.39 bits per heavy atom. The standard InChI is InChI=1S/C15H30N2O/c1-5-6-13(4)17-15(18)10-16-14-8-11(2)7-12(3)9-14/h11-14,16H,5-10H2,1-4H3,(H,17,18). The van der Waals surface area contributed by atoms with Crippen molar-refractivity contribution in [2.75, 3.05) is 6.54 Å². The van der Waals surface area contributed by atoms with E-state index < -0.39 is 0 Å². The predicted octanol–water partition coefficient (Wildman–Crippen LogP) is 2.71. The van der Waals surface area contributed by atoms with Gasteiger partial charge in [-0.05, 0) is 44.4 Å². The molecule has 1 aliphatic rings. The highest BCUT2D eigenvalue weighted by Gasteiger charge is 2.23. The molecule has 3 atom stereocenters. The molecule has 0 saturated heterocycles. The Kier molecular flexibility index (Phi) is 6.69. The number of hydrogen-bond acceptors (Lipinski definition) is 2. The molecule has 2 N–H and O–H groups in total. The van der Waals surface area contributed by atoms with Gasteiger partial charge in [0.05, 0.1) is 6.54 Å². The summed E-state index contributed by atoms with van der Waals surface area (Å²) in [6.07, 6.45) is 5.93. The van der Waals surface area contributed by atoms with Gasteiger partial charge >= 0.3 is 0 Å². The smallest absolute Gasteiger partial charge is 0.234 e. The number of amides is 1. The lowest BCUT2D eigenvalue weighted by atomic mass is 9.80. The van der Waals surface area contributed by atoms with Crippen molar-refractivity contribution in [3.8, 4) is 0 Å². The number of nitrogens with one attached hydrogen (secondary N) is 2. The zero-order valence-corrected chi connectivity index (χ0v) is 12.5. The largest absolute Gasteiger partial charge is 0.353 e. The predicted molar refractivity (Wildman–Crippen MR) is 76.5 cm³/mol. The molecule has 106 valence electrons. The third-order valence-corrected chi connectivity index (χ3v) is 3.86. The average molecular weight is 254 g/mol. The molecule has 0 aromatic heterocycles. The summed E-state index contributed by atoms with van der Waals surface area (Å²) in [6.45, 7) is 9.32. The first kappa shape index (κ1) is 15.5. The van der Waals surface area contributed by atoms with Gasteiger partial charge < -0.3 is 10.6 Å². The highest BCUT2D eigenvalue weighted by Crippen LogP contribution is 2.28. The molecule has 1 aliphatic carbocycles. The number of carbonyl (C=O) groups is 1. The second kappa shape index (κ2) is 7.78. The van der Waals surface area contributed by atoms with Crippen LogP contribution in [0.4, 0.5) is 0 Å². The Hall–Kier alpha value is -0.570. The highest BCUT2D eigenvalue weighted by atomic mass is 16.1. The molecular formula is C15H30N2O. The lowest BCUT2D eigenvalue weighted by molar-refractivity contribution is -0.121. The summed E-state index contributed by atoms with van der Waals surface area (Å²) in [6, 6.07) is 0.824. The van der Waals surface area contributed by atoms with Crippen LogP contribution in [0.15, 0.2) is 0 Å². The fourth-order valence-electron chi connectivity index (χ4n) is 3.18. The number of rotatable bonds is 6. The van der Waals surface area contributed by atoms with Crippen molar-refractivity contribution in [1.29, 1.82) is 0 Å². The molecule has 18 heavy (non-hydrogen) atoms. The van der Waals surface area contributed by atoms with Crippen LogP contribution >= 0.6 is 0 Å². The molecule has 1 rings (SSSR count). The van der Waals surface area contributed by atoms with Crippen LogP contribution in [0.2, 0.25) is 0 Å². The second-order valence-electron chi connectivity index (χ2n) is 6.25. The maximum atomic E-state index is 11.8. The van der Waals surface area contributed by atoms with Gasteiger partial charge in [0.1, 0.15) is 0 Å². The SMILES string of the molecule is CCCC(C)NC(=O)CNC1CC(C)CC(C)C1. The van der Waals surface area contributed by atoms with E-state index in [1.54, 1.807) is 0 Å². The van der Waals surface area contributed by atoms with E-state index in [1.807, 2.05) is 0 Å². The van der Waals surface area contributed by atoms with E-state index in [1.165, 1.54) is 19.3 Å². The van der Waals surface area contributed by atoms with Crippen molar-refractivity contribution in [2.24, 2.45) is 11.8 Å². The first-order valence-corrected chi connectivity index (χ1v) is 7.54. The van der Waals surface area contributed by atoms with Gasteiger partial charge in [-0.25, -0.2) is 0 Å². The van der Waals surface area contributed by atoms with E-state index in [0.717, 1.165) is 24.7 Å². The van der Waals surface area contributed by atoms with Crippen LogP contribution in [-0.4, -0.2) is 24.5 Å². The van der Waals surface area contributed by atoms with E-state index in [-0.39, 0.29) is 5.91 Å². The van der Waals surface area contributed by atoms with E-state index in [2.05, 4.69) is 38.3 Å². The zero-order valence-electron chi connectivity index (χ0n) is 12.5. The average Bonchev–Trinajstić information content (AvgIpc) is 2.25. The summed E-state index contributed by atoms with van der Waals surface area (Å²) in [5, 5.41) is 6.46. The second-order valence-corrected chi connectivity index (χ2v) is 6.25. The lowest BCUT2D eigenvalue weighted by Gasteiger charge is -2.32. The molecule has 1 amide bonds. The Morgan fingerprint density at radius 2 is 1.83 bits per heavy atom. The third-order valence-electron chi connectivity index (χ3n) is 3.86. The maximum Gasteiger partial charge on any atom is 0.234 e. The molecule has 1 fully saturated rings. The van der Waals surface area contributed by atoms with Crippen molar-refractivity contribution in [3.63, 3.8) is 0 Å². The van der Waals surface area contributed by atoms with Crippen LogP contribution < -0.4 is 10.6 Å². The number of carbonyl (C=O) groups excluding carboxylic acids is 1. The summed E-state index contributed by atoms with van der Waals surface area (Å²) < 4.78 is 0. The van der Waals surface area contributed by atoms with Gasteiger partial charge in [-0.3, -0.25) is 4.79 Å². The van der Waals surface area contributed by atoms with E-state index in [9.17, 15) is 4.79 Å². The van der Waals surface area contributed by atoms with Crippen molar-refractivity contribution in [2.45, 2.75) is 71.9 Å². The Morgan fingerprint density at radius 1 is 1.22 bits per heavy atom. The molecule has 0 radical (unpaired) electrons. The molecule has 0 spiro atoms. The Balaban J connectivity index is 2.21. The monoisotopic (exact) mass is 254 g/mol. The molecule has 0 aromatic carbocycles. The van der Waals surface area contributed by atoms with E-state index >= 15 is 0 Å². The van der Waals surface area contributed by atoms with Crippen LogP contribution in [0.5, 0.6) is 0 Å². The Labute approximate surface area is 112 Å². The van der Waals surface area contributed by atoms with Gasteiger partial charge in [-0.1, -0.05) is 27.2 Å². The molecule has 1 saturated carbocycles. The van der Waals surface area contributed by atoms with E-state index in [4.69, 9.17) is 0 Å². The van der Waals surface area contributed by atoms with Gasteiger partial charge in [0, 0.05) is 12.1 Å². The van der Waals surface area contributed by atoms with E-state index in [0.29, 0.717) is 18.6 Å². The van der Waals surface area contributed by atoms with Gasteiger partial charge in [0.15, 0.2) is 0 Å². The zero-order chi connectivity index (χ0) is 13.5. The minimum Gasteiger partial charge on any atom is -0.353 e. The highest BCUT2D eigenvalue weighted by molar-refractivity contribution is 5.78. The maximum absolute atomic E-state index is 11.8. The first-order valence-electron chi connectivity index (χ1n) is 7.54. The first-order chi connectivity index (χ1) is 8.51. The summed E-state index contributed by atoms with van der Waals surface area (Å²) >= 11 is 0. The summed E-state index contributed by atoms with van der Waals surface area (Å²) in [7, 11) is 0. The van der Waals surface area contributed by atoms with Crippen LogP contribution in [-0.2, 0) is 4.79 Å². The lowest BCUT2D eigenvalue weighted by Crippen LogP contribution is -2.44. The van der Waals surface area contributed by atoms with Gasteiger partial charge in [0.2, 0.25) is 5.91 Å². The molecule has 3 heteroatoms. The summed E-state index contributed by atoms with van der Waals surface area (Å²) in [5.74, 6) is 1.71. The molecule has 0 heterocycles. The van der Waals surface area contributed by atoms with Gasteiger partial charge in [-0.15, -0.1) is 0 Å². The number of hydrogen-bond donors (Lipinski definition) is 2. The van der Waals surface area contributed by atoms with Crippen molar-refractivity contribution >= 4 is 5.91 Å². The van der Waals surface area contributed by atoms with Crippen LogP contribution in [0, 0.1) is 11.8 Å². The molecular weight excluding hydrogens is 224 g/mol. The third kappa shape index (κ3) is 5.85. The van der Waals surface area contributed by atoms with Crippen LogP contribution in [0.3, 0.4) is 0 Å². The Bertz CT molecular complexity index is 245. The fourth-order valence-corrected chi connectivity index (χ4v) is 3.18. The normalized spacial score (nSPS) is 29.9. The fraction of sp³-hybridized carbons (Fsp3) is 0.933. The summed E-state index contributed by atoms with van der Waals surface area (Å²) in [5.41, 5.74) is 0. The van der Waals surface area contributed by atoms with Crippen molar-refractivity contribution < 1.29 is 4.79 Å². The van der Waals surface area contributed by atoms with Crippen LogP contribution in [0.25, 0.3) is 0 Å². The van der Waals surface area contributed by atoms with Crippen molar-refractivity contribution in [3.05, 3.63) is 0 Å². The van der Waals surface area contributed by atoms with Gasteiger partial charge in [0.25, 0.3) is 0 Å². The summed E-state index contributed by atoms with van der Waals surface area (Å²) in [4.78, 5) is 11.8. The topological polar surface area (TPSA) is 41.1 Å². The molecule has 0 aromatic rings. The molecule has 3 unspecified atom stereocenters. The van der Waals surface area contributed by atoms with Crippen molar-refractivity contribution in [1.82, 2.24) is 10.6 Å². The molecule has 0 bridgehead atoms. The molecule has 3 nitrogen and oxygen atoms in total. The van der Waals surface area contributed by atoms with Gasteiger partial charge in [-0.2, -0.15) is 0 Å².